The van der Waals surface area contributed by atoms with Gasteiger partial charge in [0.2, 0.25) is 5.78 Å². The molecule has 25 heavy (non-hydrogen) atoms. The molecule has 0 radical (unpaired) electrons. The molecule has 0 unspecified atom stereocenters. The molecule has 0 atom stereocenters. The van der Waals surface area contributed by atoms with Crippen LogP contribution in [-0.2, 0) is 14.3 Å². The zero-order valence-corrected chi connectivity index (χ0v) is 15.7. The predicted molar refractivity (Wildman–Crippen MR) is 101 cm³/mol. The molecule has 140 valence electrons. The van der Waals surface area contributed by atoms with E-state index in [1.54, 1.807) is 0 Å². The number of carbonyl (C=O) groups excluding carboxylic acids is 2. The number of methoxy groups -OCH3 is 1. The lowest BCUT2D eigenvalue weighted by atomic mass is 10.1. The largest absolute Gasteiger partial charge is 0.469 e. The zero-order valence-electron chi connectivity index (χ0n) is 15.7. The first-order chi connectivity index (χ1) is 12.1. The number of carbonyl (C=O) groups is 2. The number of rotatable bonds is 9. The minimum absolute atomic E-state index is 0.121. The quantitative estimate of drug-likeness (QED) is 0.229. The third-order valence-electron chi connectivity index (χ3n) is 3.59. The van der Waals surface area contributed by atoms with Crippen LogP contribution in [-0.4, -0.2) is 18.9 Å². The van der Waals surface area contributed by atoms with Crippen LogP contribution >= 0.6 is 0 Å². The normalized spacial score (nSPS) is 15.6. The highest BCUT2D eigenvalue weighted by atomic mass is 19.1. The first kappa shape index (κ1) is 23.0. The summed E-state index contributed by atoms with van der Waals surface area (Å²) in [5, 5.41) is 0. The Kier molecular flexibility index (Phi) is 14.3. The highest BCUT2D eigenvalue weighted by Crippen LogP contribution is 2.21. The summed E-state index contributed by atoms with van der Waals surface area (Å²) in [4.78, 5) is 21.7. The Balaban J connectivity index is 0.000000504. The second kappa shape index (κ2) is 15.6. The molecule has 3 nitrogen and oxygen atoms in total. The lowest BCUT2D eigenvalue weighted by Crippen LogP contribution is -1.98. The number of unbranched alkanes of at least 4 members (excludes halogenated alkanes) is 3. The molecule has 0 aliphatic heterocycles. The molecule has 1 aliphatic rings. The van der Waals surface area contributed by atoms with E-state index in [1.807, 2.05) is 25.2 Å². The minimum Gasteiger partial charge on any atom is -0.469 e. The fourth-order valence-corrected chi connectivity index (χ4v) is 2.14. The van der Waals surface area contributed by atoms with Crippen molar-refractivity contribution in [3.05, 3.63) is 47.9 Å². The van der Waals surface area contributed by atoms with Gasteiger partial charge in [-0.25, -0.2) is 4.39 Å². The third kappa shape index (κ3) is 12.1. The number of allylic oxidation sites excluding steroid dienone is 8. The number of hydrogen-bond donors (Lipinski definition) is 0. The number of hydrogen-bond acceptors (Lipinski definition) is 3. The maximum Gasteiger partial charge on any atom is 0.305 e. The van der Waals surface area contributed by atoms with Crippen molar-refractivity contribution in [3.63, 3.8) is 0 Å². The first-order valence-corrected chi connectivity index (χ1v) is 8.99. The van der Waals surface area contributed by atoms with Crippen LogP contribution in [0.4, 0.5) is 4.39 Å². The van der Waals surface area contributed by atoms with Gasteiger partial charge in [0.1, 0.15) is 0 Å². The average Bonchev–Trinajstić information content (AvgIpc) is 2.94. The maximum absolute atomic E-state index is 12.7. The van der Waals surface area contributed by atoms with Gasteiger partial charge >= 0.3 is 5.97 Å². The summed E-state index contributed by atoms with van der Waals surface area (Å²) < 4.78 is 17.2. The van der Waals surface area contributed by atoms with E-state index in [4.69, 9.17) is 0 Å². The van der Waals surface area contributed by atoms with Crippen LogP contribution in [0.5, 0.6) is 0 Å². The van der Waals surface area contributed by atoms with Crippen molar-refractivity contribution < 1.29 is 18.7 Å². The molecule has 0 N–H and O–H groups in total. The van der Waals surface area contributed by atoms with Crippen molar-refractivity contribution in [2.24, 2.45) is 0 Å². The second-order valence-electron chi connectivity index (χ2n) is 5.66. The van der Waals surface area contributed by atoms with E-state index in [2.05, 4.69) is 23.8 Å². The number of Topliss-reactive ketones (excluding diaryl/α,β-unsaturated/α-hetero) is 1. The Morgan fingerprint density at radius 3 is 2.48 bits per heavy atom. The summed E-state index contributed by atoms with van der Waals surface area (Å²) in [6.07, 6.45) is 18.3. The van der Waals surface area contributed by atoms with Gasteiger partial charge in [0.05, 0.1) is 7.11 Å². The number of ketones is 1. The summed E-state index contributed by atoms with van der Waals surface area (Å²) >= 11 is 0. The van der Waals surface area contributed by atoms with Gasteiger partial charge in [-0.05, 0) is 57.9 Å². The predicted octanol–water partition coefficient (Wildman–Crippen LogP) is 5.78. The van der Waals surface area contributed by atoms with E-state index < -0.39 is 11.6 Å². The highest BCUT2D eigenvalue weighted by molar-refractivity contribution is 6.09. The summed E-state index contributed by atoms with van der Waals surface area (Å²) in [6, 6.07) is 0. The van der Waals surface area contributed by atoms with Crippen molar-refractivity contribution >= 4 is 11.8 Å². The summed E-state index contributed by atoms with van der Waals surface area (Å²) in [5.41, 5.74) is 0.618. The number of halogens is 1. The van der Waals surface area contributed by atoms with Gasteiger partial charge in [-0.1, -0.05) is 37.3 Å². The molecule has 4 heteroatoms. The maximum atomic E-state index is 12.7. The molecular weight excluding hydrogens is 319 g/mol. The minimum atomic E-state index is -0.591. The number of ether oxygens (including phenoxy) is 1. The highest BCUT2D eigenvalue weighted by Gasteiger charge is 2.19. The van der Waals surface area contributed by atoms with E-state index in [-0.39, 0.29) is 5.97 Å². The van der Waals surface area contributed by atoms with Gasteiger partial charge in [-0.2, -0.15) is 0 Å². The SMILES string of the molecule is C/C=C\CCCC(=O)OC.CC/C=C\CCC/C=C1\CC=C(F)C1=O. The average molecular weight is 350 g/mol. The summed E-state index contributed by atoms with van der Waals surface area (Å²) in [6.45, 7) is 4.07. The standard InChI is InChI=1S/C13H17FO.C8H14O2/c1-2-3-4-5-6-7-8-11-9-10-12(14)13(11)15;1-3-4-5-6-7-8(9)10-2/h3-4,8,10H,2,5-7,9H2,1H3;3-4H,5-7H2,1-2H3/b4-3-,11-8+;4-3-. The van der Waals surface area contributed by atoms with Crippen LogP contribution in [0, 0.1) is 0 Å². The lowest BCUT2D eigenvalue weighted by molar-refractivity contribution is -0.140. The Labute approximate surface area is 151 Å². The molecule has 0 spiro atoms. The Bertz CT molecular complexity index is 513. The van der Waals surface area contributed by atoms with E-state index in [0.29, 0.717) is 18.4 Å². The Morgan fingerprint density at radius 1 is 1.20 bits per heavy atom. The van der Waals surface area contributed by atoms with E-state index in [0.717, 1.165) is 38.5 Å². The van der Waals surface area contributed by atoms with Crippen molar-refractivity contribution in [2.75, 3.05) is 7.11 Å². The van der Waals surface area contributed by atoms with Gasteiger partial charge < -0.3 is 4.74 Å². The van der Waals surface area contributed by atoms with E-state index in [9.17, 15) is 14.0 Å². The lowest BCUT2D eigenvalue weighted by Gasteiger charge is -1.95. The van der Waals surface area contributed by atoms with Gasteiger partial charge in [-0.15, -0.1) is 0 Å². The number of esters is 1. The molecule has 0 heterocycles. The van der Waals surface area contributed by atoms with Crippen molar-refractivity contribution in [2.45, 2.75) is 65.2 Å². The summed E-state index contributed by atoms with van der Waals surface area (Å²) in [5.74, 6) is -1.13. The van der Waals surface area contributed by atoms with Crippen LogP contribution in [0.25, 0.3) is 0 Å². The molecule has 0 aromatic heterocycles. The molecule has 0 saturated heterocycles. The van der Waals surface area contributed by atoms with E-state index in [1.165, 1.54) is 13.2 Å². The fourth-order valence-electron chi connectivity index (χ4n) is 2.14. The molecule has 1 rings (SSSR count). The van der Waals surface area contributed by atoms with Crippen molar-refractivity contribution in [1.82, 2.24) is 0 Å². The van der Waals surface area contributed by atoms with Gasteiger partial charge in [0.25, 0.3) is 0 Å². The zero-order chi connectivity index (χ0) is 18.9. The van der Waals surface area contributed by atoms with Gasteiger partial charge in [0.15, 0.2) is 5.83 Å². The fraction of sp³-hybridized carbons (Fsp3) is 0.524. The smallest absolute Gasteiger partial charge is 0.305 e. The second-order valence-corrected chi connectivity index (χ2v) is 5.66. The van der Waals surface area contributed by atoms with Crippen molar-refractivity contribution in [1.29, 1.82) is 0 Å². The molecule has 0 amide bonds. The van der Waals surface area contributed by atoms with Crippen LogP contribution in [0.15, 0.2) is 47.9 Å². The van der Waals surface area contributed by atoms with Crippen LogP contribution in [0.3, 0.4) is 0 Å². The van der Waals surface area contributed by atoms with Crippen LogP contribution in [0.2, 0.25) is 0 Å². The summed E-state index contributed by atoms with van der Waals surface area (Å²) in [7, 11) is 1.41. The molecule has 0 fully saturated rings. The molecule has 0 aromatic carbocycles. The molecule has 0 aromatic rings. The Morgan fingerprint density at radius 2 is 1.92 bits per heavy atom. The van der Waals surface area contributed by atoms with Gasteiger partial charge in [-0.3, -0.25) is 9.59 Å². The molecular formula is C21H31FO3. The molecule has 1 aliphatic carbocycles. The van der Waals surface area contributed by atoms with Crippen LogP contribution in [0.1, 0.15) is 65.2 Å². The topological polar surface area (TPSA) is 43.4 Å². The monoisotopic (exact) mass is 350 g/mol. The van der Waals surface area contributed by atoms with Crippen molar-refractivity contribution in [3.8, 4) is 0 Å². The molecule has 0 bridgehead atoms. The van der Waals surface area contributed by atoms with E-state index >= 15 is 0 Å². The molecule has 0 saturated carbocycles. The third-order valence-corrected chi connectivity index (χ3v) is 3.59. The first-order valence-electron chi connectivity index (χ1n) is 8.99. The Hall–Kier alpha value is -1.97. The van der Waals surface area contributed by atoms with Crippen LogP contribution < -0.4 is 0 Å². The van der Waals surface area contributed by atoms with Gasteiger partial charge in [0, 0.05) is 12.0 Å².